The molecule has 1 aromatic carbocycles. The maximum Gasteiger partial charge on any atom is 0.221 e. The van der Waals surface area contributed by atoms with Gasteiger partial charge in [-0.2, -0.15) is 0 Å². The standard InChI is InChI=1S/C20H32N4O2/c1-14(2)24-19(25)9-10-22-20(21-4)23-12-17-8-5-15(3)11-18(17)26-13-16-6-7-16/h5,8,11,14,16H,6-7,9-10,12-13H2,1-4H3,(H,24,25)(H2,21,22,23). The summed E-state index contributed by atoms with van der Waals surface area (Å²) in [5.74, 6) is 2.38. The number of nitrogens with one attached hydrogen (secondary N) is 3. The third-order valence-electron chi connectivity index (χ3n) is 4.16. The first-order valence-electron chi connectivity index (χ1n) is 9.44. The van der Waals surface area contributed by atoms with E-state index in [1.165, 1.54) is 18.4 Å². The number of nitrogens with zero attached hydrogens (tertiary/aromatic N) is 1. The molecular weight excluding hydrogens is 328 g/mol. The molecule has 3 N–H and O–H groups in total. The van der Waals surface area contributed by atoms with Crippen LogP contribution in [0.25, 0.3) is 0 Å². The van der Waals surface area contributed by atoms with Crippen molar-refractivity contribution in [2.24, 2.45) is 10.9 Å². The highest BCUT2D eigenvalue weighted by molar-refractivity contribution is 5.81. The Bertz CT molecular complexity index is 624. The topological polar surface area (TPSA) is 74.8 Å². The zero-order valence-corrected chi connectivity index (χ0v) is 16.4. The number of hydrogen-bond donors (Lipinski definition) is 3. The average Bonchev–Trinajstić information content (AvgIpc) is 3.41. The van der Waals surface area contributed by atoms with E-state index in [4.69, 9.17) is 4.74 Å². The lowest BCUT2D eigenvalue weighted by Crippen LogP contribution is -2.39. The van der Waals surface area contributed by atoms with E-state index in [-0.39, 0.29) is 11.9 Å². The van der Waals surface area contributed by atoms with Gasteiger partial charge in [-0.1, -0.05) is 12.1 Å². The molecule has 0 atom stereocenters. The Morgan fingerprint density at radius 1 is 1.31 bits per heavy atom. The van der Waals surface area contributed by atoms with Gasteiger partial charge in [0.2, 0.25) is 5.91 Å². The zero-order valence-electron chi connectivity index (χ0n) is 16.4. The minimum atomic E-state index is 0.0391. The number of carbonyl (C=O) groups excluding carboxylic acids is 1. The molecule has 0 heterocycles. The molecule has 1 saturated carbocycles. The molecule has 144 valence electrons. The zero-order chi connectivity index (χ0) is 18.9. The molecule has 6 heteroatoms. The molecule has 26 heavy (non-hydrogen) atoms. The molecule has 6 nitrogen and oxygen atoms in total. The van der Waals surface area contributed by atoms with Gasteiger partial charge in [0.15, 0.2) is 5.96 Å². The predicted molar refractivity (Wildman–Crippen MR) is 105 cm³/mol. The van der Waals surface area contributed by atoms with E-state index in [9.17, 15) is 4.79 Å². The average molecular weight is 361 g/mol. The normalized spacial score (nSPS) is 14.3. The molecule has 0 aromatic heterocycles. The third-order valence-corrected chi connectivity index (χ3v) is 4.16. The van der Waals surface area contributed by atoms with Crippen molar-refractivity contribution < 1.29 is 9.53 Å². The highest BCUT2D eigenvalue weighted by Crippen LogP contribution is 2.30. The lowest BCUT2D eigenvalue weighted by Gasteiger charge is -2.15. The van der Waals surface area contributed by atoms with Crippen molar-refractivity contribution in [1.82, 2.24) is 16.0 Å². The van der Waals surface area contributed by atoms with E-state index in [1.807, 2.05) is 13.8 Å². The number of carbonyl (C=O) groups is 1. The predicted octanol–water partition coefficient (Wildman–Crippen LogP) is 2.36. The summed E-state index contributed by atoms with van der Waals surface area (Å²) in [6.45, 7) is 7.94. The molecule has 1 fully saturated rings. The summed E-state index contributed by atoms with van der Waals surface area (Å²) in [7, 11) is 1.73. The van der Waals surface area contributed by atoms with Crippen molar-refractivity contribution >= 4 is 11.9 Å². The molecule has 0 bridgehead atoms. The van der Waals surface area contributed by atoms with E-state index < -0.39 is 0 Å². The van der Waals surface area contributed by atoms with Crippen LogP contribution >= 0.6 is 0 Å². The molecule has 0 unspecified atom stereocenters. The fourth-order valence-electron chi connectivity index (χ4n) is 2.52. The van der Waals surface area contributed by atoms with Gasteiger partial charge >= 0.3 is 0 Å². The first kappa shape index (κ1) is 20.1. The van der Waals surface area contributed by atoms with Crippen LogP contribution in [0.3, 0.4) is 0 Å². The van der Waals surface area contributed by atoms with Gasteiger partial charge in [-0.3, -0.25) is 9.79 Å². The fourth-order valence-corrected chi connectivity index (χ4v) is 2.52. The molecule has 0 aliphatic heterocycles. The molecular formula is C20H32N4O2. The van der Waals surface area contributed by atoms with Gasteiger partial charge in [-0.25, -0.2) is 0 Å². The molecule has 0 spiro atoms. The number of hydrogen-bond acceptors (Lipinski definition) is 3. The Labute approximate surface area is 156 Å². The summed E-state index contributed by atoms with van der Waals surface area (Å²) >= 11 is 0. The Morgan fingerprint density at radius 2 is 2.08 bits per heavy atom. The Kier molecular flexibility index (Phi) is 7.75. The number of aryl methyl sites for hydroxylation is 1. The van der Waals surface area contributed by atoms with Crippen LogP contribution in [0.2, 0.25) is 0 Å². The largest absolute Gasteiger partial charge is 0.493 e. The number of amides is 1. The Morgan fingerprint density at radius 3 is 2.73 bits per heavy atom. The smallest absolute Gasteiger partial charge is 0.221 e. The molecule has 1 aliphatic rings. The van der Waals surface area contributed by atoms with Crippen molar-refractivity contribution in [2.45, 2.75) is 52.6 Å². The lowest BCUT2D eigenvalue weighted by molar-refractivity contribution is -0.121. The molecule has 0 radical (unpaired) electrons. The van der Waals surface area contributed by atoms with Crippen molar-refractivity contribution in [2.75, 3.05) is 20.2 Å². The van der Waals surface area contributed by atoms with E-state index in [0.29, 0.717) is 25.5 Å². The second-order valence-electron chi connectivity index (χ2n) is 7.19. The van der Waals surface area contributed by atoms with Gasteiger partial charge in [-0.15, -0.1) is 0 Å². The second kappa shape index (κ2) is 10.0. The minimum Gasteiger partial charge on any atom is -0.493 e. The fraction of sp³-hybridized carbons (Fsp3) is 0.600. The van der Waals surface area contributed by atoms with Crippen LogP contribution in [0.5, 0.6) is 5.75 Å². The first-order chi connectivity index (χ1) is 12.5. The molecule has 0 saturated heterocycles. The number of aliphatic imine (C=N–C) groups is 1. The SMILES string of the molecule is CN=C(NCCC(=O)NC(C)C)NCc1ccc(C)cc1OCC1CC1. The Balaban J connectivity index is 1.80. The number of ether oxygens (including phenoxy) is 1. The highest BCUT2D eigenvalue weighted by Gasteiger charge is 2.22. The van der Waals surface area contributed by atoms with Gasteiger partial charge in [0.25, 0.3) is 0 Å². The second-order valence-corrected chi connectivity index (χ2v) is 7.19. The van der Waals surface area contributed by atoms with Gasteiger partial charge in [-0.05, 0) is 51.2 Å². The molecule has 2 rings (SSSR count). The summed E-state index contributed by atoms with van der Waals surface area (Å²) < 4.78 is 6.00. The van der Waals surface area contributed by atoms with Gasteiger partial charge in [0.1, 0.15) is 5.75 Å². The van der Waals surface area contributed by atoms with Crippen LogP contribution in [-0.2, 0) is 11.3 Å². The van der Waals surface area contributed by atoms with E-state index in [1.54, 1.807) is 7.05 Å². The van der Waals surface area contributed by atoms with Crippen LogP contribution < -0.4 is 20.7 Å². The third kappa shape index (κ3) is 7.33. The van der Waals surface area contributed by atoms with Crippen LogP contribution in [0.15, 0.2) is 23.2 Å². The van der Waals surface area contributed by atoms with Crippen molar-refractivity contribution in [3.8, 4) is 5.75 Å². The number of benzene rings is 1. The van der Waals surface area contributed by atoms with Crippen LogP contribution in [0.1, 0.15) is 44.2 Å². The summed E-state index contributed by atoms with van der Waals surface area (Å²) in [6, 6.07) is 6.43. The highest BCUT2D eigenvalue weighted by atomic mass is 16.5. The minimum absolute atomic E-state index is 0.0391. The molecule has 1 aliphatic carbocycles. The van der Waals surface area contributed by atoms with Crippen LogP contribution in [0.4, 0.5) is 0 Å². The monoisotopic (exact) mass is 360 g/mol. The van der Waals surface area contributed by atoms with E-state index >= 15 is 0 Å². The number of guanidine groups is 1. The van der Waals surface area contributed by atoms with Gasteiger partial charge in [0, 0.05) is 38.2 Å². The van der Waals surface area contributed by atoms with E-state index in [0.717, 1.165) is 23.8 Å². The van der Waals surface area contributed by atoms with Gasteiger partial charge in [0.05, 0.1) is 6.61 Å². The summed E-state index contributed by atoms with van der Waals surface area (Å²) in [6.07, 6.45) is 2.97. The van der Waals surface area contributed by atoms with Crippen molar-refractivity contribution in [3.63, 3.8) is 0 Å². The molecule has 1 aromatic rings. The first-order valence-corrected chi connectivity index (χ1v) is 9.44. The summed E-state index contributed by atoms with van der Waals surface area (Å²) in [5, 5.41) is 9.34. The Hall–Kier alpha value is -2.24. The van der Waals surface area contributed by atoms with Crippen LogP contribution in [0, 0.1) is 12.8 Å². The lowest BCUT2D eigenvalue weighted by atomic mass is 10.1. The maximum atomic E-state index is 11.7. The maximum absolute atomic E-state index is 11.7. The number of rotatable bonds is 9. The van der Waals surface area contributed by atoms with Crippen molar-refractivity contribution in [1.29, 1.82) is 0 Å². The quantitative estimate of drug-likeness (QED) is 0.467. The summed E-state index contributed by atoms with van der Waals surface area (Å²) in [5.41, 5.74) is 2.30. The van der Waals surface area contributed by atoms with Gasteiger partial charge < -0.3 is 20.7 Å². The van der Waals surface area contributed by atoms with Crippen LogP contribution in [-0.4, -0.2) is 38.1 Å². The summed E-state index contributed by atoms with van der Waals surface area (Å²) in [4.78, 5) is 15.9. The van der Waals surface area contributed by atoms with E-state index in [2.05, 4.69) is 46.1 Å². The molecule has 1 amide bonds. The van der Waals surface area contributed by atoms with Crippen molar-refractivity contribution in [3.05, 3.63) is 29.3 Å².